The number of benzene rings is 1. The number of hydrogen-bond donors (Lipinski definition) is 0. The number of aryl methyl sites for hydroxylation is 1. The summed E-state index contributed by atoms with van der Waals surface area (Å²) in [6, 6.07) is 7.88. The predicted molar refractivity (Wildman–Crippen MR) is 131 cm³/mol. The number of carbonyl (C=O) groups is 1. The van der Waals surface area contributed by atoms with Crippen molar-refractivity contribution in [1.82, 2.24) is 9.47 Å². The second-order valence-corrected chi connectivity index (χ2v) is 9.85. The lowest BCUT2D eigenvalue weighted by molar-refractivity contribution is -0.123. The SMILES string of the molecule is Cn1c(=O)c(C=C2SC(=S)N(CC3CCCO3)C2=O)c(N2CCOCC2)c2ccccc21. The lowest BCUT2D eigenvalue weighted by Crippen LogP contribution is -2.38. The minimum atomic E-state index is -0.154. The minimum Gasteiger partial charge on any atom is -0.378 e. The number of morpholine rings is 1. The van der Waals surface area contributed by atoms with Crippen LogP contribution in [0.15, 0.2) is 34.0 Å². The first-order chi connectivity index (χ1) is 15.5. The van der Waals surface area contributed by atoms with Gasteiger partial charge in [-0.1, -0.05) is 42.2 Å². The molecule has 0 N–H and O–H groups in total. The van der Waals surface area contributed by atoms with Crippen LogP contribution in [-0.4, -0.2) is 65.3 Å². The van der Waals surface area contributed by atoms with Gasteiger partial charge in [0.25, 0.3) is 11.5 Å². The molecule has 1 unspecified atom stereocenters. The van der Waals surface area contributed by atoms with E-state index in [0.717, 1.165) is 36.0 Å². The van der Waals surface area contributed by atoms with Crippen molar-refractivity contribution in [2.45, 2.75) is 18.9 Å². The van der Waals surface area contributed by atoms with Crippen molar-refractivity contribution >= 4 is 56.9 Å². The van der Waals surface area contributed by atoms with Crippen molar-refractivity contribution < 1.29 is 14.3 Å². The Bertz CT molecular complexity index is 1160. The van der Waals surface area contributed by atoms with Crippen LogP contribution < -0.4 is 10.5 Å². The fraction of sp³-hybridized carbons (Fsp3) is 0.435. The van der Waals surface area contributed by atoms with Crippen molar-refractivity contribution in [2.24, 2.45) is 7.05 Å². The lowest BCUT2D eigenvalue weighted by atomic mass is 10.1. The van der Waals surface area contributed by atoms with E-state index >= 15 is 0 Å². The molecule has 3 fully saturated rings. The zero-order valence-corrected chi connectivity index (χ0v) is 19.5. The van der Waals surface area contributed by atoms with Crippen LogP contribution in [-0.2, 0) is 21.3 Å². The van der Waals surface area contributed by atoms with E-state index < -0.39 is 0 Å². The van der Waals surface area contributed by atoms with Crippen molar-refractivity contribution in [3.05, 3.63) is 45.1 Å². The van der Waals surface area contributed by atoms with Gasteiger partial charge in [0.05, 0.1) is 47.5 Å². The zero-order valence-electron chi connectivity index (χ0n) is 17.9. The van der Waals surface area contributed by atoms with Crippen LogP contribution in [0.3, 0.4) is 0 Å². The number of rotatable bonds is 4. The standard InChI is InChI=1S/C23H25N3O4S2/c1-24-18-7-3-2-6-16(18)20(25-8-11-29-12-9-25)17(21(24)27)13-19-22(28)26(23(31)32-19)14-15-5-4-10-30-15/h2-3,6-7,13,15H,4-5,8-12,14H2,1H3. The Labute approximate surface area is 195 Å². The number of hydrogen-bond acceptors (Lipinski definition) is 7. The molecule has 1 amide bonds. The van der Waals surface area contributed by atoms with Crippen LogP contribution >= 0.6 is 24.0 Å². The fourth-order valence-electron chi connectivity index (χ4n) is 4.54. The maximum Gasteiger partial charge on any atom is 0.266 e. The zero-order chi connectivity index (χ0) is 22.2. The van der Waals surface area contributed by atoms with Crippen molar-refractivity contribution in [3.8, 4) is 0 Å². The van der Waals surface area contributed by atoms with E-state index in [4.69, 9.17) is 21.7 Å². The molecule has 0 saturated carbocycles. The molecule has 0 spiro atoms. The quantitative estimate of drug-likeness (QED) is 0.502. The molecular weight excluding hydrogens is 446 g/mol. The molecule has 1 atom stereocenters. The second-order valence-electron chi connectivity index (χ2n) is 8.17. The molecule has 3 aliphatic rings. The van der Waals surface area contributed by atoms with Gasteiger partial charge in [-0.05, 0) is 25.0 Å². The maximum atomic E-state index is 13.5. The van der Waals surface area contributed by atoms with Crippen LogP contribution in [0.25, 0.3) is 17.0 Å². The highest BCUT2D eigenvalue weighted by molar-refractivity contribution is 8.26. The van der Waals surface area contributed by atoms with Crippen LogP contribution in [0.2, 0.25) is 0 Å². The Kier molecular flexibility index (Phi) is 6.07. The van der Waals surface area contributed by atoms with E-state index in [0.29, 0.717) is 47.6 Å². The minimum absolute atomic E-state index is 0.0225. The molecule has 7 nitrogen and oxygen atoms in total. The number of thiocarbonyl (C=S) groups is 1. The number of amides is 1. The average molecular weight is 472 g/mol. The van der Waals surface area contributed by atoms with Crippen molar-refractivity contribution in [2.75, 3.05) is 44.4 Å². The van der Waals surface area contributed by atoms with Crippen molar-refractivity contribution in [1.29, 1.82) is 0 Å². The van der Waals surface area contributed by atoms with E-state index in [-0.39, 0.29) is 17.6 Å². The molecular formula is C23H25N3O4S2. The Morgan fingerprint density at radius 3 is 2.72 bits per heavy atom. The summed E-state index contributed by atoms with van der Waals surface area (Å²) in [4.78, 5) is 30.9. The largest absolute Gasteiger partial charge is 0.378 e. The van der Waals surface area contributed by atoms with Gasteiger partial charge in [0.15, 0.2) is 0 Å². The summed E-state index contributed by atoms with van der Waals surface area (Å²) in [6.45, 7) is 3.79. The van der Waals surface area contributed by atoms with Gasteiger partial charge in [-0.15, -0.1) is 0 Å². The Morgan fingerprint density at radius 1 is 1.19 bits per heavy atom. The number of anilines is 1. The molecule has 32 heavy (non-hydrogen) atoms. The van der Waals surface area contributed by atoms with Crippen LogP contribution in [0.1, 0.15) is 18.4 Å². The van der Waals surface area contributed by atoms with Gasteiger partial charge >= 0.3 is 0 Å². The summed E-state index contributed by atoms with van der Waals surface area (Å²) in [5, 5.41) is 0.984. The predicted octanol–water partition coefficient (Wildman–Crippen LogP) is 2.76. The molecule has 1 aromatic heterocycles. The number of carbonyl (C=O) groups excluding carboxylic acids is 1. The highest BCUT2D eigenvalue weighted by Crippen LogP contribution is 2.36. The van der Waals surface area contributed by atoms with Gasteiger partial charge in [0, 0.05) is 32.1 Å². The summed E-state index contributed by atoms with van der Waals surface area (Å²) < 4.78 is 13.4. The molecule has 4 heterocycles. The summed E-state index contributed by atoms with van der Waals surface area (Å²) in [5.41, 5.74) is 2.11. The molecule has 0 aliphatic carbocycles. The lowest BCUT2D eigenvalue weighted by Gasteiger charge is -2.31. The summed E-state index contributed by atoms with van der Waals surface area (Å²) in [6.07, 6.45) is 3.69. The normalized spacial score (nSPS) is 23.2. The maximum absolute atomic E-state index is 13.5. The second kappa shape index (κ2) is 8.97. The van der Waals surface area contributed by atoms with E-state index in [1.54, 1.807) is 22.6 Å². The number of nitrogens with zero attached hydrogens (tertiary/aromatic N) is 3. The number of fused-ring (bicyclic) bond motifs is 1. The monoisotopic (exact) mass is 471 g/mol. The van der Waals surface area contributed by atoms with Crippen molar-refractivity contribution in [3.63, 3.8) is 0 Å². The topological polar surface area (TPSA) is 64.0 Å². The number of thioether (sulfide) groups is 1. The average Bonchev–Trinajstić information content (AvgIpc) is 3.42. The third-order valence-corrected chi connectivity index (χ3v) is 7.58. The first-order valence-electron chi connectivity index (χ1n) is 10.9. The highest BCUT2D eigenvalue weighted by Gasteiger charge is 2.35. The van der Waals surface area contributed by atoms with Gasteiger partial charge < -0.3 is 18.9 Å². The van der Waals surface area contributed by atoms with E-state index in [2.05, 4.69) is 4.90 Å². The summed E-state index contributed by atoms with van der Waals surface area (Å²) >= 11 is 6.76. The van der Waals surface area contributed by atoms with Gasteiger partial charge in [0.1, 0.15) is 4.32 Å². The Hall–Kier alpha value is -2.20. The summed E-state index contributed by atoms with van der Waals surface area (Å²) in [5.74, 6) is -0.154. The smallest absolute Gasteiger partial charge is 0.266 e. The van der Waals surface area contributed by atoms with E-state index in [1.807, 2.05) is 24.3 Å². The molecule has 2 aromatic rings. The number of ether oxygens (including phenoxy) is 2. The number of para-hydroxylation sites is 1. The first-order valence-corrected chi connectivity index (χ1v) is 12.1. The van der Waals surface area contributed by atoms with Gasteiger partial charge in [-0.25, -0.2) is 0 Å². The van der Waals surface area contributed by atoms with Crippen LogP contribution in [0, 0.1) is 0 Å². The van der Waals surface area contributed by atoms with Gasteiger partial charge in [-0.3, -0.25) is 14.5 Å². The molecule has 3 aliphatic heterocycles. The third-order valence-electron chi connectivity index (χ3n) is 6.20. The van der Waals surface area contributed by atoms with Gasteiger partial charge in [-0.2, -0.15) is 0 Å². The molecule has 5 rings (SSSR count). The number of pyridine rings is 1. The number of aromatic nitrogens is 1. The molecule has 9 heteroatoms. The molecule has 3 saturated heterocycles. The molecule has 0 radical (unpaired) electrons. The van der Waals surface area contributed by atoms with Crippen LogP contribution in [0.4, 0.5) is 5.69 Å². The van der Waals surface area contributed by atoms with E-state index in [1.165, 1.54) is 11.8 Å². The Morgan fingerprint density at radius 2 is 1.97 bits per heavy atom. The Balaban J connectivity index is 1.60. The highest BCUT2D eigenvalue weighted by atomic mass is 32.2. The first kappa shape index (κ1) is 21.6. The van der Waals surface area contributed by atoms with Crippen LogP contribution in [0.5, 0.6) is 0 Å². The molecule has 168 valence electrons. The molecule has 0 bridgehead atoms. The van der Waals surface area contributed by atoms with E-state index in [9.17, 15) is 9.59 Å². The summed E-state index contributed by atoms with van der Waals surface area (Å²) in [7, 11) is 1.77. The third kappa shape index (κ3) is 3.87. The molecule has 1 aromatic carbocycles. The van der Waals surface area contributed by atoms with Gasteiger partial charge in [0.2, 0.25) is 0 Å². The fourth-order valence-corrected chi connectivity index (χ4v) is 5.80.